The Labute approximate surface area is 113 Å². The molecule has 0 spiro atoms. The van der Waals surface area contributed by atoms with Crippen molar-refractivity contribution < 1.29 is 9.84 Å². The van der Waals surface area contributed by atoms with Crippen molar-refractivity contribution >= 4 is 5.69 Å². The standard InChI is InChI=1S/C15H18N2O2/c1-2-7-17-13-8-14(10-16-9-13)19-15-6-4-3-5-12(15)11-18/h3-6,8-10,17-18H,2,7,11H2,1H3. The minimum atomic E-state index is -0.0443. The largest absolute Gasteiger partial charge is 0.455 e. The molecule has 0 aliphatic carbocycles. The van der Waals surface area contributed by atoms with E-state index in [1.165, 1.54) is 0 Å². The minimum Gasteiger partial charge on any atom is -0.455 e. The van der Waals surface area contributed by atoms with Gasteiger partial charge in [0.25, 0.3) is 0 Å². The number of pyridine rings is 1. The summed E-state index contributed by atoms with van der Waals surface area (Å²) in [5.41, 5.74) is 1.69. The lowest BCUT2D eigenvalue weighted by Crippen LogP contribution is -2.00. The van der Waals surface area contributed by atoms with Crippen LogP contribution in [0.1, 0.15) is 18.9 Å². The van der Waals surface area contributed by atoms with Gasteiger partial charge in [-0.15, -0.1) is 0 Å². The number of nitrogens with zero attached hydrogens (tertiary/aromatic N) is 1. The molecule has 0 fully saturated rings. The van der Waals surface area contributed by atoms with E-state index in [0.717, 1.165) is 24.2 Å². The molecule has 2 N–H and O–H groups in total. The van der Waals surface area contributed by atoms with Crippen molar-refractivity contribution in [2.45, 2.75) is 20.0 Å². The number of para-hydroxylation sites is 1. The number of anilines is 1. The molecule has 4 heteroatoms. The van der Waals surface area contributed by atoms with Crippen LogP contribution in [0.25, 0.3) is 0 Å². The lowest BCUT2D eigenvalue weighted by Gasteiger charge is -2.10. The molecule has 19 heavy (non-hydrogen) atoms. The number of hydrogen-bond acceptors (Lipinski definition) is 4. The number of aromatic nitrogens is 1. The van der Waals surface area contributed by atoms with Crippen LogP contribution < -0.4 is 10.1 Å². The molecule has 100 valence electrons. The second kappa shape index (κ2) is 6.75. The molecule has 2 rings (SSSR count). The van der Waals surface area contributed by atoms with Crippen LogP contribution in [0.2, 0.25) is 0 Å². The molecule has 0 saturated heterocycles. The Hall–Kier alpha value is -2.07. The van der Waals surface area contributed by atoms with Crippen molar-refractivity contribution in [2.24, 2.45) is 0 Å². The van der Waals surface area contributed by atoms with Gasteiger partial charge in [-0.1, -0.05) is 25.1 Å². The summed E-state index contributed by atoms with van der Waals surface area (Å²) in [5, 5.41) is 12.5. The van der Waals surface area contributed by atoms with Crippen LogP contribution in [0.5, 0.6) is 11.5 Å². The third-order valence-electron chi connectivity index (χ3n) is 2.66. The molecule has 0 aliphatic rings. The molecule has 0 aliphatic heterocycles. The molecule has 1 aromatic carbocycles. The maximum atomic E-state index is 9.26. The molecule has 0 radical (unpaired) electrons. The number of hydrogen-bond donors (Lipinski definition) is 2. The maximum absolute atomic E-state index is 9.26. The SMILES string of the molecule is CCCNc1cncc(Oc2ccccc2CO)c1. The summed E-state index contributed by atoms with van der Waals surface area (Å²) < 4.78 is 5.76. The molecule has 2 aromatic rings. The summed E-state index contributed by atoms with van der Waals surface area (Å²) in [6.07, 6.45) is 4.48. The number of ether oxygens (including phenoxy) is 1. The zero-order valence-corrected chi connectivity index (χ0v) is 11.0. The van der Waals surface area contributed by atoms with Gasteiger partial charge in [0, 0.05) is 18.2 Å². The molecule has 0 atom stereocenters. The van der Waals surface area contributed by atoms with Gasteiger partial charge in [0.2, 0.25) is 0 Å². The van der Waals surface area contributed by atoms with Gasteiger partial charge in [-0.25, -0.2) is 0 Å². The highest BCUT2D eigenvalue weighted by Crippen LogP contribution is 2.26. The lowest BCUT2D eigenvalue weighted by molar-refractivity contribution is 0.276. The van der Waals surface area contributed by atoms with E-state index in [2.05, 4.69) is 17.2 Å². The molecule has 0 unspecified atom stereocenters. The number of aliphatic hydroxyl groups is 1. The molecular formula is C15H18N2O2. The highest BCUT2D eigenvalue weighted by molar-refractivity contribution is 5.47. The molecule has 4 nitrogen and oxygen atoms in total. The summed E-state index contributed by atoms with van der Waals surface area (Å²) in [6.45, 7) is 2.97. The van der Waals surface area contributed by atoms with Gasteiger partial charge >= 0.3 is 0 Å². The Morgan fingerprint density at radius 2 is 2.11 bits per heavy atom. The highest BCUT2D eigenvalue weighted by Gasteiger charge is 2.04. The average Bonchev–Trinajstić information content (AvgIpc) is 2.46. The van der Waals surface area contributed by atoms with Gasteiger partial charge in [0.1, 0.15) is 11.5 Å². The van der Waals surface area contributed by atoms with Gasteiger partial charge in [0.15, 0.2) is 0 Å². The van der Waals surface area contributed by atoms with E-state index in [0.29, 0.717) is 11.5 Å². The van der Waals surface area contributed by atoms with E-state index >= 15 is 0 Å². The van der Waals surface area contributed by atoms with Crippen molar-refractivity contribution in [3.8, 4) is 11.5 Å². The lowest BCUT2D eigenvalue weighted by atomic mass is 10.2. The Morgan fingerprint density at radius 3 is 2.89 bits per heavy atom. The van der Waals surface area contributed by atoms with E-state index in [-0.39, 0.29) is 6.61 Å². The first-order chi connectivity index (χ1) is 9.33. The van der Waals surface area contributed by atoms with Gasteiger partial charge in [-0.05, 0) is 12.5 Å². The van der Waals surface area contributed by atoms with Gasteiger partial charge in [-0.3, -0.25) is 4.98 Å². The van der Waals surface area contributed by atoms with E-state index in [1.807, 2.05) is 30.3 Å². The topological polar surface area (TPSA) is 54.4 Å². The predicted molar refractivity (Wildman–Crippen MR) is 75.5 cm³/mol. The van der Waals surface area contributed by atoms with Crippen LogP contribution in [0.3, 0.4) is 0 Å². The summed E-state index contributed by atoms with van der Waals surface area (Å²) in [4.78, 5) is 4.14. The Kier molecular flexibility index (Phi) is 4.75. The van der Waals surface area contributed by atoms with Crippen LogP contribution >= 0.6 is 0 Å². The first kappa shape index (κ1) is 13.4. The number of aliphatic hydroxyl groups excluding tert-OH is 1. The molecule has 0 saturated carbocycles. The summed E-state index contributed by atoms with van der Waals surface area (Å²) >= 11 is 0. The number of nitrogens with one attached hydrogen (secondary N) is 1. The first-order valence-electron chi connectivity index (χ1n) is 6.39. The number of rotatable bonds is 6. The van der Waals surface area contributed by atoms with Crippen molar-refractivity contribution in [1.82, 2.24) is 4.98 Å². The fraction of sp³-hybridized carbons (Fsp3) is 0.267. The van der Waals surface area contributed by atoms with Crippen molar-refractivity contribution in [3.05, 3.63) is 48.3 Å². The normalized spacial score (nSPS) is 10.2. The van der Waals surface area contributed by atoms with E-state index < -0.39 is 0 Å². The predicted octanol–water partition coefficient (Wildman–Crippen LogP) is 3.19. The molecule has 0 amide bonds. The Morgan fingerprint density at radius 1 is 1.26 bits per heavy atom. The van der Waals surface area contributed by atoms with Crippen molar-refractivity contribution in [3.63, 3.8) is 0 Å². The van der Waals surface area contributed by atoms with Crippen LogP contribution in [0, 0.1) is 0 Å². The molecule has 1 aromatic heterocycles. The zero-order valence-electron chi connectivity index (χ0n) is 11.0. The fourth-order valence-corrected chi connectivity index (χ4v) is 1.70. The maximum Gasteiger partial charge on any atom is 0.147 e. The van der Waals surface area contributed by atoms with Gasteiger partial charge in [-0.2, -0.15) is 0 Å². The zero-order chi connectivity index (χ0) is 13.5. The third kappa shape index (κ3) is 3.69. The van der Waals surface area contributed by atoms with Crippen LogP contribution in [-0.4, -0.2) is 16.6 Å². The number of benzene rings is 1. The highest BCUT2D eigenvalue weighted by atomic mass is 16.5. The fourth-order valence-electron chi connectivity index (χ4n) is 1.70. The van der Waals surface area contributed by atoms with Crippen LogP contribution in [0.15, 0.2) is 42.7 Å². The Bertz CT molecular complexity index is 529. The monoisotopic (exact) mass is 258 g/mol. The Balaban J connectivity index is 2.14. The van der Waals surface area contributed by atoms with Crippen molar-refractivity contribution in [1.29, 1.82) is 0 Å². The quantitative estimate of drug-likeness (QED) is 0.835. The van der Waals surface area contributed by atoms with E-state index in [9.17, 15) is 5.11 Å². The summed E-state index contributed by atoms with van der Waals surface area (Å²) in [7, 11) is 0. The third-order valence-corrected chi connectivity index (χ3v) is 2.66. The smallest absolute Gasteiger partial charge is 0.147 e. The second-order valence-corrected chi connectivity index (χ2v) is 4.20. The van der Waals surface area contributed by atoms with Crippen LogP contribution in [0.4, 0.5) is 5.69 Å². The van der Waals surface area contributed by atoms with E-state index in [4.69, 9.17) is 4.74 Å². The van der Waals surface area contributed by atoms with Gasteiger partial charge < -0.3 is 15.2 Å². The van der Waals surface area contributed by atoms with Gasteiger partial charge in [0.05, 0.1) is 24.7 Å². The molecule has 1 heterocycles. The summed E-state index contributed by atoms with van der Waals surface area (Å²) in [5.74, 6) is 1.31. The first-order valence-corrected chi connectivity index (χ1v) is 6.39. The van der Waals surface area contributed by atoms with Crippen molar-refractivity contribution in [2.75, 3.05) is 11.9 Å². The van der Waals surface area contributed by atoms with Crippen LogP contribution in [-0.2, 0) is 6.61 Å². The average molecular weight is 258 g/mol. The van der Waals surface area contributed by atoms with E-state index in [1.54, 1.807) is 12.4 Å². The minimum absolute atomic E-state index is 0.0443. The molecular weight excluding hydrogens is 240 g/mol. The second-order valence-electron chi connectivity index (χ2n) is 4.20. The summed E-state index contributed by atoms with van der Waals surface area (Å²) in [6, 6.07) is 9.31. The molecule has 0 bridgehead atoms.